The van der Waals surface area contributed by atoms with Gasteiger partial charge >= 0.3 is 0 Å². The number of halogens is 1. The third kappa shape index (κ3) is 4.65. The Hall–Kier alpha value is -1.68. The van der Waals surface area contributed by atoms with E-state index < -0.39 is 9.04 Å². The van der Waals surface area contributed by atoms with E-state index in [0.717, 1.165) is 0 Å². The molecule has 3 aromatic rings. The minimum Gasteiger partial charge on any atom is -0.407 e. The van der Waals surface area contributed by atoms with Crippen molar-refractivity contribution in [3.8, 4) is 0 Å². The Kier molecular flexibility index (Phi) is 6.59. The van der Waals surface area contributed by atoms with E-state index in [1.807, 2.05) is 0 Å². The Labute approximate surface area is 179 Å². The lowest BCUT2D eigenvalue weighted by Gasteiger charge is -2.27. The lowest BCUT2D eigenvalue weighted by Crippen LogP contribution is -2.44. The summed E-state index contributed by atoms with van der Waals surface area (Å²) in [6.45, 7) is 11.9. The van der Waals surface area contributed by atoms with Gasteiger partial charge in [0.05, 0.1) is 6.61 Å². The van der Waals surface area contributed by atoms with Crippen LogP contribution in [0.5, 0.6) is 0 Å². The standard InChI is InChI=1S/C25H29BrOSi/c1-18-16-20(24(26)19(2)23(18)25(3,4)5)17-27-28(21-12-8-6-9-13-21)22-14-10-7-11-15-22/h6-16,28H,17H2,1-5H3. The van der Waals surface area contributed by atoms with E-state index in [4.69, 9.17) is 4.43 Å². The molecule has 0 aliphatic carbocycles. The topological polar surface area (TPSA) is 9.23 Å². The van der Waals surface area contributed by atoms with Crippen LogP contribution < -0.4 is 10.4 Å². The minimum atomic E-state index is -1.74. The highest BCUT2D eigenvalue weighted by atomic mass is 79.9. The summed E-state index contributed by atoms with van der Waals surface area (Å²) in [5.74, 6) is 0. The van der Waals surface area contributed by atoms with Crippen molar-refractivity contribution in [1.29, 1.82) is 0 Å². The van der Waals surface area contributed by atoms with Crippen molar-refractivity contribution in [3.63, 3.8) is 0 Å². The molecule has 0 atom stereocenters. The van der Waals surface area contributed by atoms with Gasteiger partial charge < -0.3 is 4.43 Å². The maximum Gasteiger partial charge on any atom is 0.240 e. The number of hydrogen-bond acceptors (Lipinski definition) is 1. The Morgan fingerprint density at radius 2 is 1.36 bits per heavy atom. The molecule has 0 amide bonds. The molecule has 3 heteroatoms. The van der Waals surface area contributed by atoms with Crippen molar-refractivity contribution in [3.05, 3.63) is 93.5 Å². The van der Waals surface area contributed by atoms with Gasteiger partial charge in [0.2, 0.25) is 9.04 Å². The van der Waals surface area contributed by atoms with Crippen molar-refractivity contribution in [1.82, 2.24) is 0 Å². The third-order valence-electron chi connectivity index (χ3n) is 5.13. The lowest BCUT2D eigenvalue weighted by molar-refractivity contribution is 0.320. The monoisotopic (exact) mass is 452 g/mol. The first kappa shape index (κ1) is 21.0. The molecule has 0 radical (unpaired) electrons. The summed E-state index contributed by atoms with van der Waals surface area (Å²) in [5, 5.41) is 2.62. The smallest absolute Gasteiger partial charge is 0.240 e. The highest BCUT2D eigenvalue weighted by molar-refractivity contribution is 9.10. The van der Waals surface area contributed by atoms with Gasteiger partial charge in [-0.25, -0.2) is 0 Å². The fourth-order valence-electron chi connectivity index (χ4n) is 4.12. The van der Waals surface area contributed by atoms with E-state index >= 15 is 0 Å². The Morgan fingerprint density at radius 3 is 1.82 bits per heavy atom. The molecule has 0 aliphatic rings. The summed E-state index contributed by atoms with van der Waals surface area (Å²) in [7, 11) is -1.74. The fourth-order valence-corrected chi connectivity index (χ4v) is 6.80. The number of rotatable bonds is 5. The maximum atomic E-state index is 6.63. The zero-order valence-electron chi connectivity index (χ0n) is 17.4. The van der Waals surface area contributed by atoms with Gasteiger partial charge in [-0.05, 0) is 51.9 Å². The second-order valence-corrected chi connectivity index (χ2v) is 11.6. The molecular formula is C25H29BrOSi. The van der Waals surface area contributed by atoms with Crippen LogP contribution in [-0.2, 0) is 16.4 Å². The predicted molar refractivity (Wildman–Crippen MR) is 126 cm³/mol. The maximum absolute atomic E-state index is 6.63. The molecule has 0 aromatic heterocycles. The molecule has 0 fully saturated rings. The van der Waals surface area contributed by atoms with Crippen molar-refractivity contribution >= 4 is 35.3 Å². The number of benzene rings is 3. The van der Waals surface area contributed by atoms with E-state index in [1.54, 1.807) is 0 Å². The molecule has 0 heterocycles. The normalized spacial score (nSPS) is 11.8. The molecule has 1 nitrogen and oxygen atoms in total. The van der Waals surface area contributed by atoms with Crippen LogP contribution in [-0.4, -0.2) is 9.04 Å². The summed E-state index contributed by atoms with van der Waals surface area (Å²) in [6.07, 6.45) is 0. The van der Waals surface area contributed by atoms with Gasteiger partial charge in [0.15, 0.2) is 0 Å². The van der Waals surface area contributed by atoms with Gasteiger partial charge in [0, 0.05) is 4.47 Å². The zero-order valence-corrected chi connectivity index (χ0v) is 20.2. The van der Waals surface area contributed by atoms with E-state index in [0.29, 0.717) is 6.61 Å². The third-order valence-corrected chi connectivity index (χ3v) is 8.72. The summed E-state index contributed by atoms with van der Waals surface area (Å²) < 4.78 is 7.80. The van der Waals surface area contributed by atoms with Crippen LogP contribution in [0, 0.1) is 13.8 Å². The van der Waals surface area contributed by atoms with E-state index in [9.17, 15) is 0 Å². The van der Waals surface area contributed by atoms with Gasteiger partial charge in [0.25, 0.3) is 0 Å². The first-order valence-electron chi connectivity index (χ1n) is 9.79. The van der Waals surface area contributed by atoms with Crippen molar-refractivity contribution < 1.29 is 4.43 Å². The molecular weight excluding hydrogens is 424 g/mol. The molecule has 3 aromatic carbocycles. The second-order valence-electron chi connectivity index (χ2n) is 8.43. The average molecular weight is 453 g/mol. The van der Waals surface area contributed by atoms with E-state index in [-0.39, 0.29) is 5.41 Å². The highest BCUT2D eigenvalue weighted by Gasteiger charge is 2.23. The van der Waals surface area contributed by atoms with Crippen LogP contribution >= 0.6 is 15.9 Å². The molecule has 0 saturated heterocycles. The van der Waals surface area contributed by atoms with Gasteiger partial charge in [-0.15, -0.1) is 0 Å². The molecule has 0 N–H and O–H groups in total. The van der Waals surface area contributed by atoms with Crippen LogP contribution in [0.15, 0.2) is 71.2 Å². The van der Waals surface area contributed by atoms with Crippen molar-refractivity contribution in [2.45, 2.75) is 46.6 Å². The molecule has 0 bridgehead atoms. The van der Waals surface area contributed by atoms with Gasteiger partial charge in [-0.1, -0.05) is 103 Å². The summed E-state index contributed by atoms with van der Waals surface area (Å²) >= 11 is 3.86. The Morgan fingerprint density at radius 1 is 0.857 bits per heavy atom. The van der Waals surface area contributed by atoms with E-state index in [2.05, 4.69) is 117 Å². The Bertz CT molecular complexity index is 891. The lowest BCUT2D eigenvalue weighted by atomic mass is 9.80. The van der Waals surface area contributed by atoms with Gasteiger partial charge in [0.1, 0.15) is 0 Å². The predicted octanol–water partition coefficient (Wildman–Crippen LogP) is 5.42. The Balaban J connectivity index is 1.93. The van der Waals surface area contributed by atoms with Crippen molar-refractivity contribution in [2.24, 2.45) is 0 Å². The quantitative estimate of drug-likeness (QED) is 0.469. The zero-order chi connectivity index (χ0) is 20.3. The van der Waals surface area contributed by atoms with Gasteiger partial charge in [-0.3, -0.25) is 0 Å². The summed E-state index contributed by atoms with van der Waals surface area (Å²) in [6, 6.07) is 23.6. The molecule has 28 heavy (non-hydrogen) atoms. The molecule has 3 rings (SSSR count). The first-order valence-corrected chi connectivity index (χ1v) is 12.2. The molecule has 146 valence electrons. The van der Waals surface area contributed by atoms with Crippen LogP contribution in [0.3, 0.4) is 0 Å². The van der Waals surface area contributed by atoms with Crippen LogP contribution in [0.25, 0.3) is 0 Å². The number of aryl methyl sites for hydroxylation is 1. The summed E-state index contributed by atoms with van der Waals surface area (Å²) in [4.78, 5) is 0. The van der Waals surface area contributed by atoms with Crippen molar-refractivity contribution in [2.75, 3.05) is 0 Å². The van der Waals surface area contributed by atoms with E-state index in [1.165, 1.54) is 37.1 Å². The van der Waals surface area contributed by atoms with Crippen LogP contribution in [0.1, 0.15) is 43.0 Å². The largest absolute Gasteiger partial charge is 0.407 e. The van der Waals surface area contributed by atoms with Crippen LogP contribution in [0.2, 0.25) is 0 Å². The SMILES string of the molecule is Cc1cc(CO[SiH](c2ccccc2)c2ccccc2)c(Br)c(C)c1C(C)(C)C. The second kappa shape index (κ2) is 8.77. The molecule has 0 saturated carbocycles. The minimum absolute atomic E-state index is 0.126. The van der Waals surface area contributed by atoms with Gasteiger partial charge in [-0.2, -0.15) is 0 Å². The molecule has 0 spiro atoms. The van der Waals surface area contributed by atoms with Crippen LogP contribution in [0.4, 0.5) is 0 Å². The highest BCUT2D eigenvalue weighted by Crippen LogP contribution is 2.35. The molecule has 0 aliphatic heterocycles. The first-order chi connectivity index (χ1) is 13.3. The molecule has 0 unspecified atom stereocenters. The fraction of sp³-hybridized carbons (Fsp3) is 0.280. The average Bonchev–Trinajstić information content (AvgIpc) is 2.66. The number of hydrogen-bond donors (Lipinski definition) is 0. The summed E-state index contributed by atoms with van der Waals surface area (Å²) in [5.41, 5.74) is 5.44.